The third-order valence-electron chi connectivity index (χ3n) is 11.6. The molecule has 0 aromatic rings. The second-order valence-corrected chi connectivity index (χ2v) is 17.8. The molecule has 1 fully saturated rings. The van der Waals surface area contributed by atoms with E-state index in [-0.39, 0.29) is 25.9 Å². The normalized spacial score (nSPS) is 19.3. The molecule has 0 spiro atoms. The fourth-order valence-electron chi connectivity index (χ4n) is 7.54. The standard InChI is InChI=1S/C55H92O12/c1-4-7-10-13-16-19-22-24-27-29-32-35-38-41-47(56)63-44-46(65-48(57)42-39-36-33-31-28-25-23-20-17-14-11-8-5-2)45-64-55-53(51(60)50(59)52(67-55)54(61)62)66-49(58)43-40-37-34-30-26-21-18-15-12-9-6-3/h7,10-11,14,16,19-20,23-24,27,46,50-53,55,59-60H,4-6,8-9,12-13,15,17-18,21-22,25-26,28-45H2,1-3H3,(H,61,62)/b10-7-,14-11-,19-16-,23-20-,27-24-. The van der Waals surface area contributed by atoms with Crippen LogP contribution in [0.15, 0.2) is 60.8 Å². The molecule has 3 N–H and O–H groups in total. The number of hydrogen-bond donors (Lipinski definition) is 3. The van der Waals surface area contributed by atoms with Crippen LogP contribution in [0, 0.1) is 0 Å². The van der Waals surface area contributed by atoms with Gasteiger partial charge in [-0.3, -0.25) is 14.4 Å². The van der Waals surface area contributed by atoms with Gasteiger partial charge in [-0.05, 0) is 77.0 Å². The Morgan fingerprint density at radius 3 is 1.51 bits per heavy atom. The minimum absolute atomic E-state index is 0.0569. The summed E-state index contributed by atoms with van der Waals surface area (Å²) in [6, 6.07) is 0. The molecule has 1 aliphatic rings. The van der Waals surface area contributed by atoms with Crippen molar-refractivity contribution in [3.8, 4) is 0 Å². The van der Waals surface area contributed by atoms with E-state index in [9.17, 15) is 34.5 Å². The highest BCUT2D eigenvalue weighted by Gasteiger charge is 2.50. The second-order valence-electron chi connectivity index (χ2n) is 17.8. The Kier molecular flexibility index (Phi) is 40.1. The largest absolute Gasteiger partial charge is 0.479 e. The molecule has 0 amide bonds. The fraction of sp³-hybridized carbons (Fsp3) is 0.745. The van der Waals surface area contributed by atoms with Crippen molar-refractivity contribution in [2.45, 2.75) is 250 Å². The maximum atomic E-state index is 13.1. The maximum Gasteiger partial charge on any atom is 0.335 e. The smallest absolute Gasteiger partial charge is 0.335 e. The van der Waals surface area contributed by atoms with Crippen LogP contribution in [0.1, 0.15) is 213 Å². The van der Waals surface area contributed by atoms with E-state index in [4.69, 9.17) is 23.7 Å². The SMILES string of the molecule is CC/C=C\C/C=C\C/C=C\CCCCCC(=O)OCC(COC1OC(C(=O)O)C(O)C(O)C1OC(=O)CCCCCCCCCCCCC)OC(=O)CCCCCCC/C=C\C/C=C\CCC. The quantitative estimate of drug-likeness (QED) is 0.0229. The number of carbonyl (C=O) groups is 4. The molecule has 6 unspecified atom stereocenters. The van der Waals surface area contributed by atoms with E-state index in [1.807, 2.05) is 0 Å². The molecule has 12 nitrogen and oxygen atoms in total. The lowest BCUT2D eigenvalue weighted by atomic mass is 9.98. The van der Waals surface area contributed by atoms with Crippen molar-refractivity contribution in [1.29, 1.82) is 0 Å². The number of aliphatic hydroxyl groups excluding tert-OH is 2. The van der Waals surface area contributed by atoms with Crippen molar-refractivity contribution >= 4 is 23.9 Å². The number of ether oxygens (including phenoxy) is 5. The summed E-state index contributed by atoms with van der Waals surface area (Å²) < 4.78 is 28.2. The summed E-state index contributed by atoms with van der Waals surface area (Å²) in [5, 5.41) is 31.3. The predicted molar refractivity (Wildman–Crippen MR) is 266 cm³/mol. The van der Waals surface area contributed by atoms with E-state index < -0.39 is 67.3 Å². The third-order valence-corrected chi connectivity index (χ3v) is 11.6. The molecule has 0 saturated carbocycles. The molecular formula is C55H92O12. The van der Waals surface area contributed by atoms with Crippen LogP contribution in [0.3, 0.4) is 0 Å². The number of hydrogen-bond acceptors (Lipinski definition) is 11. The first-order valence-corrected chi connectivity index (χ1v) is 26.3. The number of carboxylic acids is 1. The van der Waals surface area contributed by atoms with Gasteiger partial charge in [0.05, 0.1) is 6.61 Å². The Hall–Kier alpha value is -3.58. The van der Waals surface area contributed by atoms with Gasteiger partial charge in [-0.15, -0.1) is 0 Å². The number of unbranched alkanes of at least 4 members (excludes halogenated alkanes) is 19. The molecule has 0 radical (unpaired) electrons. The summed E-state index contributed by atoms with van der Waals surface area (Å²) in [5.74, 6) is -3.18. The van der Waals surface area contributed by atoms with Gasteiger partial charge in [-0.25, -0.2) is 4.79 Å². The van der Waals surface area contributed by atoms with Gasteiger partial charge in [0.15, 0.2) is 24.6 Å². The topological polar surface area (TPSA) is 175 Å². The first-order chi connectivity index (χ1) is 32.6. The summed E-state index contributed by atoms with van der Waals surface area (Å²) in [7, 11) is 0. The van der Waals surface area contributed by atoms with Gasteiger partial charge in [-0.2, -0.15) is 0 Å². The van der Waals surface area contributed by atoms with Gasteiger partial charge in [0.25, 0.3) is 0 Å². The van der Waals surface area contributed by atoms with E-state index in [1.54, 1.807) is 0 Å². The van der Waals surface area contributed by atoms with Crippen molar-refractivity contribution in [2.75, 3.05) is 13.2 Å². The van der Waals surface area contributed by atoms with Crippen molar-refractivity contribution in [3.05, 3.63) is 60.8 Å². The van der Waals surface area contributed by atoms with E-state index in [2.05, 4.69) is 81.5 Å². The lowest BCUT2D eigenvalue weighted by molar-refractivity contribution is -0.301. The van der Waals surface area contributed by atoms with E-state index in [1.165, 1.54) is 38.5 Å². The van der Waals surface area contributed by atoms with Gasteiger partial charge in [0.2, 0.25) is 0 Å². The molecule has 0 aromatic carbocycles. The monoisotopic (exact) mass is 945 g/mol. The van der Waals surface area contributed by atoms with Gasteiger partial charge in [0.1, 0.15) is 18.8 Å². The number of aliphatic hydroxyl groups is 2. The summed E-state index contributed by atoms with van der Waals surface area (Å²) in [5.41, 5.74) is 0. The average Bonchev–Trinajstić information content (AvgIpc) is 3.31. The van der Waals surface area contributed by atoms with Gasteiger partial charge in [-0.1, -0.05) is 178 Å². The molecule has 12 heteroatoms. The van der Waals surface area contributed by atoms with Crippen LogP contribution in [0.5, 0.6) is 0 Å². The van der Waals surface area contributed by atoms with E-state index in [0.29, 0.717) is 19.3 Å². The molecule has 1 aliphatic heterocycles. The first-order valence-electron chi connectivity index (χ1n) is 26.3. The average molecular weight is 945 g/mol. The van der Waals surface area contributed by atoms with Crippen molar-refractivity contribution in [2.24, 2.45) is 0 Å². The molecule has 0 aliphatic carbocycles. The Morgan fingerprint density at radius 2 is 0.970 bits per heavy atom. The minimum Gasteiger partial charge on any atom is -0.479 e. The lowest BCUT2D eigenvalue weighted by Gasteiger charge is -2.40. The Labute approximate surface area is 405 Å². The Bertz CT molecular complexity index is 1400. The summed E-state index contributed by atoms with van der Waals surface area (Å²) in [6.07, 6.45) is 39.3. The second kappa shape index (κ2) is 43.7. The van der Waals surface area contributed by atoms with Crippen LogP contribution in [-0.2, 0) is 42.9 Å². The summed E-state index contributed by atoms with van der Waals surface area (Å²) in [6.45, 7) is 5.73. The molecule has 1 rings (SSSR count). The van der Waals surface area contributed by atoms with E-state index in [0.717, 1.165) is 116 Å². The molecule has 6 atom stereocenters. The summed E-state index contributed by atoms with van der Waals surface area (Å²) >= 11 is 0. The summed E-state index contributed by atoms with van der Waals surface area (Å²) in [4.78, 5) is 50.8. The van der Waals surface area contributed by atoms with Gasteiger partial charge >= 0.3 is 23.9 Å². The molecule has 0 aromatic heterocycles. The van der Waals surface area contributed by atoms with E-state index >= 15 is 0 Å². The molecule has 384 valence electrons. The number of aliphatic carboxylic acids is 1. The number of rotatable bonds is 43. The van der Waals surface area contributed by atoms with Crippen molar-refractivity contribution in [3.63, 3.8) is 0 Å². The Morgan fingerprint density at radius 1 is 0.507 bits per heavy atom. The zero-order valence-corrected chi connectivity index (χ0v) is 41.9. The minimum atomic E-state index is -1.91. The first kappa shape index (κ1) is 61.4. The number of carboxylic acid groups (broad SMARTS) is 1. The van der Waals surface area contributed by atoms with Crippen molar-refractivity contribution in [1.82, 2.24) is 0 Å². The number of allylic oxidation sites excluding steroid dienone is 10. The van der Waals surface area contributed by atoms with Crippen LogP contribution in [0.25, 0.3) is 0 Å². The highest BCUT2D eigenvalue weighted by atomic mass is 16.7. The Balaban J connectivity index is 2.77. The van der Waals surface area contributed by atoms with Crippen LogP contribution >= 0.6 is 0 Å². The van der Waals surface area contributed by atoms with Crippen molar-refractivity contribution < 1.29 is 58.2 Å². The van der Waals surface area contributed by atoms with Crippen LogP contribution < -0.4 is 0 Å². The third kappa shape index (κ3) is 34.4. The van der Waals surface area contributed by atoms with Crippen LogP contribution in [0.2, 0.25) is 0 Å². The zero-order chi connectivity index (χ0) is 49.0. The predicted octanol–water partition coefficient (Wildman–Crippen LogP) is 12.4. The molecule has 1 heterocycles. The lowest BCUT2D eigenvalue weighted by Crippen LogP contribution is -2.61. The van der Waals surface area contributed by atoms with Gasteiger partial charge < -0.3 is 39.0 Å². The number of esters is 3. The van der Waals surface area contributed by atoms with Gasteiger partial charge in [0, 0.05) is 19.3 Å². The zero-order valence-electron chi connectivity index (χ0n) is 41.9. The van der Waals surface area contributed by atoms with Crippen LogP contribution in [0.4, 0.5) is 0 Å². The molecular weight excluding hydrogens is 853 g/mol. The maximum absolute atomic E-state index is 13.1. The highest BCUT2D eigenvalue weighted by Crippen LogP contribution is 2.26. The number of carbonyl (C=O) groups excluding carboxylic acids is 3. The molecule has 67 heavy (non-hydrogen) atoms. The highest BCUT2D eigenvalue weighted by molar-refractivity contribution is 5.74. The van der Waals surface area contributed by atoms with Crippen LogP contribution in [-0.4, -0.2) is 89.2 Å². The molecule has 0 bridgehead atoms. The fourth-order valence-corrected chi connectivity index (χ4v) is 7.54. The molecule has 1 saturated heterocycles.